The third-order valence-corrected chi connectivity index (χ3v) is 5.30. The van der Waals surface area contributed by atoms with Crippen LogP contribution in [0.5, 0.6) is 5.75 Å². The molecule has 3 aromatic rings. The molecule has 37 heavy (non-hydrogen) atoms. The third kappa shape index (κ3) is 8.26. The lowest BCUT2D eigenvalue weighted by Gasteiger charge is -2.17. The van der Waals surface area contributed by atoms with Gasteiger partial charge in [-0.25, -0.2) is 0 Å². The standard InChI is InChI=1S/C26H22F6N2O3/c27-25(28,29)19-10-18(11-20(14-19)26(30,31)32)13-23(35)34-22(24(33)36)12-16-6-8-21(9-7-16)37-15-17-4-2-1-3-5-17/h1-11,14,22H,12-13,15H2,(H2,33,36)(H,34,35)/t22-/m0/s1. The molecule has 2 amide bonds. The molecule has 0 aromatic heterocycles. The minimum Gasteiger partial charge on any atom is -0.489 e. The highest BCUT2D eigenvalue weighted by Gasteiger charge is 2.37. The number of benzene rings is 3. The van der Waals surface area contributed by atoms with Crippen LogP contribution in [0.15, 0.2) is 72.8 Å². The van der Waals surface area contributed by atoms with Crippen LogP contribution in [0.25, 0.3) is 0 Å². The fourth-order valence-corrected chi connectivity index (χ4v) is 3.47. The molecule has 0 heterocycles. The SMILES string of the molecule is NC(=O)[C@H](Cc1ccc(OCc2ccccc2)cc1)NC(=O)Cc1cc(C(F)(F)F)cc(C(F)(F)F)c1. The highest BCUT2D eigenvalue weighted by atomic mass is 19.4. The van der Waals surface area contributed by atoms with Crippen molar-refractivity contribution in [2.75, 3.05) is 0 Å². The molecule has 3 N–H and O–H groups in total. The predicted octanol–water partition coefficient (Wildman–Crippen LogP) is 5.06. The van der Waals surface area contributed by atoms with Gasteiger partial charge in [0.05, 0.1) is 17.5 Å². The zero-order valence-corrected chi connectivity index (χ0v) is 19.2. The summed E-state index contributed by atoms with van der Waals surface area (Å²) in [5, 5.41) is 2.28. The summed E-state index contributed by atoms with van der Waals surface area (Å²) in [6.07, 6.45) is -10.9. The van der Waals surface area contributed by atoms with Crippen LogP contribution in [0.2, 0.25) is 0 Å². The first-order chi connectivity index (χ1) is 17.3. The monoisotopic (exact) mass is 524 g/mol. The smallest absolute Gasteiger partial charge is 0.416 e. The van der Waals surface area contributed by atoms with Gasteiger partial charge in [-0.1, -0.05) is 42.5 Å². The number of rotatable bonds is 9. The fourth-order valence-electron chi connectivity index (χ4n) is 3.47. The Bertz CT molecular complexity index is 1190. The van der Waals surface area contributed by atoms with E-state index in [1.807, 2.05) is 30.3 Å². The number of primary amides is 1. The van der Waals surface area contributed by atoms with E-state index in [-0.39, 0.29) is 12.5 Å². The van der Waals surface area contributed by atoms with Crippen molar-refractivity contribution in [2.45, 2.75) is 37.8 Å². The molecule has 0 aliphatic carbocycles. The molecule has 0 bridgehead atoms. The number of carbonyl (C=O) groups is 2. The van der Waals surface area contributed by atoms with Gasteiger partial charge in [-0.15, -0.1) is 0 Å². The van der Waals surface area contributed by atoms with E-state index in [0.717, 1.165) is 5.56 Å². The maximum absolute atomic E-state index is 13.1. The number of hydrogen-bond acceptors (Lipinski definition) is 3. The molecule has 0 unspecified atom stereocenters. The predicted molar refractivity (Wildman–Crippen MR) is 122 cm³/mol. The van der Waals surface area contributed by atoms with Crippen LogP contribution in [0, 0.1) is 0 Å². The minimum absolute atomic E-state index is 0.0269. The van der Waals surface area contributed by atoms with E-state index in [1.54, 1.807) is 24.3 Å². The molecule has 3 rings (SSSR count). The van der Waals surface area contributed by atoms with Crippen LogP contribution in [0.1, 0.15) is 27.8 Å². The normalized spacial score (nSPS) is 12.6. The third-order valence-electron chi connectivity index (χ3n) is 5.30. The number of nitrogens with one attached hydrogen (secondary N) is 1. The number of ether oxygens (including phenoxy) is 1. The molecule has 5 nitrogen and oxygen atoms in total. The van der Waals surface area contributed by atoms with Crippen LogP contribution >= 0.6 is 0 Å². The lowest BCUT2D eigenvalue weighted by atomic mass is 10.0. The summed E-state index contributed by atoms with van der Waals surface area (Å²) in [5.74, 6) is -1.32. The summed E-state index contributed by atoms with van der Waals surface area (Å²) < 4.78 is 84.0. The molecule has 0 saturated carbocycles. The largest absolute Gasteiger partial charge is 0.489 e. The van der Waals surface area contributed by atoms with Gasteiger partial charge in [0.15, 0.2) is 0 Å². The maximum atomic E-state index is 13.1. The molecule has 0 aliphatic rings. The minimum atomic E-state index is -5.04. The Labute approximate surface area is 208 Å². The molecular weight excluding hydrogens is 502 g/mol. The van der Waals surface area contributed by atoms with Crippen molar-refractivity contribution in [3.8, 4) is 5.75 Å². The molecule has 196 valence electrons. The second-order valence-corrected chi connectivity index (χ2v) is 8.24. The van der Waals surface area contributed by atoms with Crippen molar-refractivity contribution >= 4 is 11.8 Å². The van der Waals surface area contributed by atoms with Crippen molar-refractivity contribution < 1.29 is 40.7 Å². The molecule has 3 aromatic carbocycles. The second-order valence-electron chi connectivity index (χ2n) is 8.24. The average molecular weight is 524 g/mol. The van der Waals surface area contributed by atoms with E-state index < -0.39 is 53.3 Å². The van der Waals surface area contributed by atoms with Crippen molar-refractivity contribution in [3.05, 3.63) is 101 Å². The summed E-state index contributed by atoms with van der Waals surface area (Å²) in [5.41, 5.74) is 3.33. The van der Waals surface area contributed by atoms with Gasteiger partial charge in [-0.2, -0.15) is 26.3 Å². The van der Waals surface area contributed by atoms with Gasteiger partial charge < -0.3 is 15.8 Å². The topological polar surface area (TPSA) is 81.4 Å². The summed E-state index contributed by atoms with van der Waals surface area (Å²) in [6.45, 7) is 0.339. The molecule has 0 fully saturated rings. The highest BCUT2D eigenvalue weighted by molar-refractivity contribution is 5.87. The first-order valence-corrected chi connectivity index (χ1v) is 10.9. The van der Waals surface area contributed by atoms with Crippen LogP contribution in [0.3, 0.4) is 0 Å². The van der Waals surface area contributed by atoms with E-state index in [4.69, 9.17) is 10.5 Å². The van der Waals surface area contributed by atoms with Crippen LogP contribution in [-0.4, -0.2) is 17.9 Å². The van der Waals surface area contributed by atoms with Gasteiger partial charge >= 0.3 is 12.4 Å². The number of hydrogen-bond donors (Lipinski definition) is 2. The van der Waals surface area contributed by atoms with Crippen LogP contribution < -0.4 is 15.8 Å². The van der Waals surface area contributed by atoms with Gasteiger partial charge in [0.25, 0.3) is 0 Å². The van der Waals surface area contributed by atoms with Gasteiger partial charge in [-0.3, -0.25) is 9.59 Å². The van der Waals surface area contributed by atoms with Crippen LogP contribution in [0.4, 0.5) is 26.3 Å². The number of halogens is 6. The van der Waals surface area contributed by atoms with Crippen LogP contribution in [-0.2, 0) is 41.4 Å². The summed E-state index contributed by atoms with van der Waals surface area (Å²) in [6, 6.07) is 15.7. The first kappa shape index (κ1) is 27.6. The van der Waals surface area contributed by atoms with Crippen molar-refractivity contribution in [2.24, 2.45) is 5.73 Å². The average Bonchev–Trinajstić information content (AvgIpc) is 2.82. The molecule has 0 spiro atoms. The summed E-state index contributed by atoms with van der Waals surface area (Å²) in [7, 11) is 0. The number of nitrogens with two attached hydrogens (primary N) is 1. The molecule has 1 atom stereocenters. The van der Waals surface area contributed by atoms with Gasteiger partial charge in [0, 0.05) is 6.42 Å². The Morgan fingerprint density at radius 2 is 1.35 bits per heavy atom. The zero-order valence-electron chi connectivity index (χ0n) is 19.2. The number of carbonyl (C=O) groups excluding carboxylic acids is 2. The zero-order chi connectivity index (χ0) is 27.2. The van der Waals surface area contributed by atoms with E-state index in [2.05, 4.69) is 5.32 Å². The second kappa shape index (κ2) is 11.4. The number of amides is 2. The highest BCUT2D eigenvalue weighted by Crippen LogP contribution is 2.36. The van der Waals surface area contributed by atoms with Crippen molar-refractivity contribution in [3.63, 3.8) is 0 Å². The lowest BCUT2D eigenvalue weighted by Crippen LogP contribution is -2.46. The summed E-state index contributed by atoms with van der Waals surface area (Å²) >= 11 is 0. The maximum Gasteiger partial charge on any atom is 0.416 e. The van der Waals surface area contributed by atoms with Gasteiger partial charge in [-0.05, 0) is 47.0 Å². The van der Waals surface area contributed by atoms with E-state index in [9.17, 15) is 35.9 Å². The fraction of sp³-hybridized carbons (Fsp3) is 0.231. The van der Waals surface area contributed by atoms with Gasteiger partial charge in [0.1, 0.15) is 18.4 Å². The Balaban J connectivity index is 1.65. The van der Waals surface area contributed by atoms with E-state index >= 15 is 0 Å². The number of alkyl halides is 6. The Hall–Kier alpha value is -4.02. The van der Waals surface area contributed by atoms with E-state index in [0.29, 0.717) is 30.1 Å². The van der Waals surface area contributed by atoms with E-state index in [1.165, 1.54) is 0 Å². The molecule has 0 aliphatic heterocycles. The molecular formula is C26H22F6N2O3. The Morgan fingerprint density at radius 3 is 1.86 bits per heavy atom. The quantitative estimate of drug-likeness (QED) is 0.384. The van der Waals surface area contributed by atoms with Crippen molar-refractivity contribution in [1.29, 1.82) is 0 Å². The molecule has 11 heteroatoms. The lowest BCUT2D eigenvalue weighted by molar-refractivity contribution is -0.143. The molecule has 0 radical (unpaired) electrons. The summed E-state index contributed by atoms with van der Waals surface area (Å²) in [4.78, 5) is 24.3. The van der Waals surface area contributed by atoms with Crippen molar-refractivity contribution in [1.82, 2.24) is 5.32 Å². The first-order valence-electron chi connectivity index (χ1n) is 10.9. The Morgan fingerprint density at radius 1 is 0.784 bits per heavy atom. The van der Waals surface area contributed by atoms with Gasteiger partial charge in [0.2, 0.25) is 11.8 Å². The Kier molecular flexibility index (Phi) is 8.46. The molecule has 0 saturated heterocycles.